The number of nitrogens with zero attached hydrogens (tertiary/aromatic N) is 1. The van der Waals surface area contributed by atoms with E-state index in [1.165, 1.54) is 23.8 Å². The maximum absolute atomic E-state index is 13.7. The number of piperidine rings is 1. The summed E-state index contributed by atoms with van der Waals surface area (Å²) in [5.74, 6) is -0.336. The summed E-state index contributed by atoms with van der Waals surface area (Å²) >= 11 is 0. The maximum Gasteiger partial charge on any atom is 0.243 e. The number of hydrogen-bond acceptors (Lipinski definition) is 4. The highest BCUT2D eigenvalue weighted by molar-refractivity contribution is 7.89. The molecule has 174 valence electrons. The molecule has 1 saturated heterocycles. The van der Waals surface area contributed by atoms with Crippen LogP contribution < -0.4 is 10.0 Å². The molecule has 2 aromatic rings. The zero-order chi connectivity index (χ0) is 23.1. The van der Waals surface area contributed by atoms with Crippen LogP contribution in [0.5, 0.6) is 0 Å². The first kappa shape index (κ1) is 24.4. The van der Waals surface area contributed by atoms with E-state index < -0.39 is 15.8 Å². The Labute approximate surface area is 190 Å². The Kier molecular flexibility index (Phi) is 8.39. The van der Waals surface area contributed by atoms with Gasteiger partial charge in [0.25, 0.3) is 0 Å². The number of likely N-dealkylation sites (tertiary alicyclic amines) is 1. The lowest BCUT2D eigenvalue weighted by atomic mass is 9.89. The monoisotopic (exact) mass is 461 g/mol. The van der Waals surface area contributed by atoms with E-state index in [0.717, 1.165) is 44.2 Å². The summed E-state index contributed by atoms with van der Waals surface area (Å²) in [6.45, 7) is 6.69. The number of benzene rings is 2. The number of anilines is 1. The van der Waals surface area contributed by atoms with Crippen molar-refractivity contribution in [1.29, 1.82) is 0 Å². The first-order valence-corrected chi connectivity index (χ1v) is 12.6. The van der Waals surface area contributed by atoms with Gasteiger partial charge in [0.1, 0.15) is 10.7 Å². The van der Waals surface area contributed by atoms with Crippen LogP contribution in [0.3, 0.4) is 0 Å². The third-order valence-corrected chi connectivity index (χ3v) is 7.30. The topological polar surface area (TPSA) is 78.5 Å². The average molecular weight is 462 g/mol. The van der Waals surface area contributed by atoms with Crippen LogP contribution in [0.15, 0.2) is 53.4 Å². The Morgan fingerprint density at radius 3 is 2.53 bits per heavy atom. The lowest BCUT2D eigenvalue weighted by Gasteiger charge is -2.32. The summed E-state index contributed by atoms with van der Waals surface area (Å²) in [6, 6.07) is 13.5. The van der Waals surface area contributed by atoms with Crippen LogP contribution in [0, 0.1) is 11.7 Å². The van der Waals surface area contributed by atoms with Crippen LogP contribution in [-0.2, 0) is 14.8 Å². The number of halogens is 1. The van der Waals surface area contributed by atoms with Gasteiger partial charge in [-0.15, -0.1) is 0 Å². The van der Waals surface area contributed by atoms with Crippen molar-refractivity contribution in [2.45, 2.75) is 43.9 Å². The van der Waals surface area contributed by atoms with Crippen molar-refractivity contribution in [2.75, 3.05) is 31.5 Å². The molecule has 1 aliphatic heterocycles. The van der Waals surface area contributed by atoms with Gasteiger partial charge in [-0.05, 0) is 74.6 Å². The lowest BCUT2D eigenvalue weighted by molar-refractivity contribution is -0.118. The van der Waals surface area contributed by atoms with Gasteiger partial charge in [0.2, 0.25) is 15.9 Å². The minimum Gasteiger partial charge on any atom is -0.326 e. The molecule has 32 heavy (non-hydrogen) atoms. The molecular weight excluding hydrogens is 429 g/mol. The average Bonchev–Trinajstić information content (AvgIpc) is 2.77. The zero-order valence-corrected chi connectivity index (χ0v) is 19.5. The second-order valence-electron chi connectivity index (χ2n) is 8.57. The van der Waals surface area contributed by atoms with E-state index in [1.807, 2.05) is 26.0 Å². The van der Waals surface area contributed by atoms with Gasteiger partial charge < -0.3 is 10.2 Å². The standard InChI is InChI=1S/C24H32FN3O3S/c1-18(2)24(29)27-21-8-5-7-20(17-21)19-11-15-28(16-12-19)14-6-13-26-32(30,31)23-10-4-3-9-22(23)25/h3-5,7-10,17-19,26H,6,11-16H2,1-2H3,(H,27,29). The van der Waals surface area contributed by atoms with E-state index in [0.29, 0.717) is 12.3 Å². The summed E-state index contributed by atoms with van der Waals surface area (Å²) < 4.78 is 40.7. The van der Waals surface area contributed by atoms with E-state index in [-0.39, 0.29) is 23.3 Å². The molecular formula is C24H32FN3O3S. The van der Waals surface area contributed by atoms with E-state index in [1.54, 1.807) is 0 Å². The normalized spacial score (nSPS) is 15.8. The van der Waals surface area contributed by atoms with Crippen LogP contribution in [0.25, 0.3) is 0 Å². The molecule has 2 N–H and O–H groups in total. The summed E-state index contributed by atoms with van der Waals surface area (Å²) in [7, 11) is -3.83. The number of carbonyl (C=O) groups is 1. The molecule has 6 nitrogen and oxygen atoms in total. The summed E-state index contributed by atoms with van der Waals surface area (Å²) in [5.41, 5.74) is 2.08. The van der Waals surface area contributed by atoms with Crippen LogP contribution in [-0.4, -0.2) is 45.4 Å². The fourth-order valence-corrected chi connectivity index (χ4v) is 5.05. The molecule has 1 fully saturated rings. The summed E-state index contributed by atoms with van der Waals surface area (Å²) in [6.07, 6.45) is 2.69. The maximum atomic E-state index is 13.7. The van der Waals surface area contributed by atoms with Crippen LogP contribution in [0.4, 0.5) is 10.1 Å². The highest BCUT2D eigenvalue weighted by Gasteiger charge is 2.22. The number of sulfonamides is 1. The zero-order valence-electron chi connectivity index (χ0n) is 18.7. The summed E-state index contributed by atoms with van der Waals surface area (Å²) in [4.78, 5) is 14.0. The molecule has 0 radical (unpaired) electrons. The number of carbonyl (C=O) groups excluding carboxylic acids is 1. The van der Waals surface area contributed by atoms with Crippen molar-refractivity contribution in [1.82, 2.24) is 9.62 Å². The van der Waals surface area contributed by atoms with Crippen LogP contribution in [0.2, 0.25) is 0 Å². The fraction of sp³-hybridized carbons (Fsp3) is 0.458. The van der Waals surface area contributed by atoms with E-state index in [9.17, 15) is 17.6 Å². The van der Waals surface area contributed by atoms with Gasteiger partial charge in [0.15, 0.2) is 0 Å². The first-order chi connectivity index (χ1) is 15.3. The second kappa shape index (κ2) is 11.0. The third kappa shape index (κ3) is 6.60. The lowest BCUT2D eigenvalue weighted by Crippen LogP contribution is -2.35. The Bertz CT molecular complexity index is 1020. The molecule has 8 heteroatoms. The van der Waals surface area contributed by atoms with Gasteiger partial charge in [-0.1, -0.05) is 38.1 Å². The Balaban J connectivity index is 1.43. The molecule has 0 spiro atoms. The van der Waals surface area contributed by atoms with Crippen molar-refractivity contribution in [3.8, 4) is 0 Å². The molecule has 3 rings (SSSR count). The van der Waals surface area contributed by atoms with Crippen molar-refractivity contribution in [2.24, 2.45) is 5.92 Å². The molecule has 1 amide bonds. The van der Waals surface area contributed by atoms with E-state index in [2.05, 4.69) is 27.1 Å². The van der Waals surface area contributed by atoms with Crippen molar-refractivity contribution in [3.05, 3.63) is 59.9 Å². The predicted octanol–water partition coefficient (Wildman–Crippen LogP) is 3.97. The number of nitrogens with one attached hydrogen (secondary N) is 2. The molecule has 1 heterocycles. The third-order valence-electron chi connectivity index (χ3n) is 5.81. The number of rotatable bonds is 9. The number of amides is 1. The fourth-order valence-electron chi connectivity index (χ4n) is 3.90. The van der Waals surface area contributed by atoms with Crippen LogP contribution in [0.1, 0.15) is 44.6 Å². The highest BCUT2D eigenvalue weighted by atomic mass is 32.2. The van der Waals surface area contributed by atoms with Gasteiger partial charge in [-0.3, -0.25) is 4.79 Å². The molecule has 0 bridgehead atoms. The van der Waals surface area contributed by atoms with Gasteiger partial charge in [0, 0.05) is 18.2 Å². The number of hydrogen-bond donors (Lipinski definition) is 2. The van der Waals surface area contributed by atoms with Gasteiger partial charge in [-0.25, -0.2) is 17.5 Å². The van der Waals surface area contributed by atoms with E-state index >= 15 is 0 Å². The molecule has 0 aliphatic carbocycles. The van der Waals surface area contributed by atoms with Gasteiger partial charge in [0.05, 0.1) is 0 Å². The first-order valence-electron chi connectivity index (χ1n) is 11.1. The molecule has 0 atom stereocenters. The molecule has 2 aromatic carbocycles. The second-order valence-corrected chi connectivity index (χ2v) is 10.3. The SMILES string of the molecule is CC(C)C(=O)Nc1cccc(C2CCN(CCCNS(=O)(=O)c3ccccc3F)CC2)c1. The Hall–Kier alpha value is -2.29. The van der Waals surface area contributed by atoms with Crippen molar-refractivity contribution < 1.29 is 17.6 Å². The minimum absolute atomic E-state index is 0.0163. The smallest absolute Gasteiger partial charge is 0.243 e. The Morgan fingerprint density at radius 2 is 1.84 bits per heavy atom. The quantitative estimate of drug-likeness (QED) is 0.554. The van der Waals surface area contributed by atoms with Crippen molar-refractivity contribution >= 4 is 21.6 Å². The van der Waals surface area contributed by atoms with E-state index in [4.69, 9.17) is 0 Å². The van der Waals surface area contributed by atoms with Gasteiger partial charge >= 0.3 is 0 Å². The summed E-state index contributed by atoms with van der Waals surface area (Å²) in [5, 5.41) is 2.96. The minimum atomic E-state index is -3.83. The van der Waals surface area contributed by atoms with Gasteiger partial charge in [-0.2, -0.15) is 0 Å². The predicted molar refractivity (Wildman–Crippen MR) is 125 cm³/mol. The highest BCUT2D eigenvalue weighted by Crippen LogP contribution is 2.29. The van der Waals surface area contributed by atoms with Crippen LogP contribution >= 0.6 is 0 Å². The molecule has 0 saturated carbocycles. The molecule has 0 unspecified atom stereocenters. The Morgan fingerprint density at radius 1 is 1.12 bits per heavy atom. The van der Waals surface area contributed by atoms with Crippen molar-refractivity contribution in [3.63, 3.8) is 0 Å². The molecule has 0 aromatic heterocycles. The largest absolute Gasteiger partial charge is 0.326 e. The molecule has 1 aliphatic rings.